The van der Waals surface area contributed by atoms with Crippen LogP contribution >= 0.6 is 0 Å². The predicted octanol–water partition coefficient (Wildman–Crippen LogP) is 12.9. The summed E-state index contributed by atoms with van der Waals surface area (Å²) in [7, 11) is 0. The van der Waals surface area contributed by atoms with Crippen molar-refractivity contribution in [3.05, 3.63) is 12.2 Å². The molecule has 0 aliphatic rings. The van der Waals surface area contributed by atoms with Crippen LogP contribution in [0, 0.1) is 0 Å². The molecular formula is C42H80O5. The Balaban J connectivity index is 3.49. The molecule has 0 spiro atoms. The van der Waals surface area contributed by atoms with Crippen LogP contribution in [0.25, 0.3) is 0 Å². The number of aliphatic hydroxyl groups is 1. The first-order valence-corrected chi connectivity index (χ1v) is 20.7. The van der Waals surface area contributed by atoms with E-state index in [1.165, 1.54) is 154 Å². The first-order chi connectivity index (χ1) is 23.1. The van der Waals surface area contributed by atoms with Crippen molar-refractivity contribution in [1.82, 2.24) is 0 Å². The Morgan fingerprint density at radius 3 is 1.17 bits per heavy atom. The molecule has 0 bridgehead atoms. The molecule has 0 rings (SSSR count). The molecule has 5 nitrogen and oxygen atoms in total. The summed E-state index contributed by atoms with van der Waals surface area (Å²) in [6.07, 6.45) is 44.2. The van der Waals surface area contributed by atoms with E-state index >= 15 is 0 Å². The van der Waals surface area contributed by atoms with Crippen LogP contribution in [0.5, 0.6) is 0 Å². The van der Waals surface area contributed by atoms with Crippen molar-refractivity contribution in [3.8, 4) is 0 Å². The number of carbonyl (C=O) groups excluding carboxylic acids is 2. The van der Waals surface area contributed by atoms with Gasteiger partial charge < -0.3 is 14.6 Å². The van der Waals surface area contributed by atoms with Gasteiger partial charge in [-0.05, 0) is 38.5 Å². The third-order valence-electron chi connectivity index (χ3n) is 9.31. The number of ether oxygens (including phenoxy) is 2. The summed E-state index contributed by atoms with van der Waals surface area (Å²) in [5.41, 5.74) is 0. The van der Waals surface area contributed by atoms with E-state index in [-0.39, 0.29) is 25.2 Å². The third kappa shape index (κ3) is 37.3. The normalized spacial score (nSPS) is 12.1. The highest BCUT2D eigenvalue weighted by Gasteiger charge is 2.16. The summed E-state index contributed by atoms with van der Waals surface area (Å²) < 4.78 is 10.6. The van der Waals surface area contributed by atoms with Gasteiger partial charge in [0.05, 0.1) is 6.61 Å². The summed E-state index contributed by atoms with van der Waals surface area (Å²) in [6, 6.07) is 0. The highest BCUT2D eigenvalue weighted by atomic mass is 16.6. The lowest BCUT2D eigenvalue weighted by Crippen LogP contribution is -2.28. The minimum atomic E-state index is -0.767. The van der Waals surface area contributed by atoms with Crippen LogP contribution in [0.1, 0.15) is 226 Å². The molecule has 0 aromatic rings. The van der Waals surface area contributed by atoms with Crippen molar-refractivity contribution in [1.29, 1.82) is 0 Å². The molecule has 0 aliphatic heterocycles. The Bertz CT molecular complexity index is 676. The summed E-state index contributed by atoms with van der Waals surface area (Å²) in [6.45, 7) is 4.14. The Labute approximate surface area is 292 Å². The molecule has 0 aliphatic carbocycles. The number of hydrogen-bond donors (Lipinski definition) is 1. The molecule has 0 aromatic heterocycles. The Kier molecular flexibility index (Phi) is 38.0. The summed E-state index contributed by atoms with van der Waals surface area (Å²) in [5.74, 6) is -0.589. The van der Waals surface area contributed by atoms with Gasteiger partial charge >= 0.3 is 11.9 Å². The molecule has 1 atom stereocenters. The van der Waals surface area contributed by atoms with E-state index in [4.69, 9.17) is 9.47 Å². The van der Waals surface area contributed by atoms with Crippen molar-refractivity contribution in [2.45, 2.75) is 232 Å². The van der Waals surface area contributed by atoms with Crippen molar-refractivity contribution in [2.24, 2.45) is 0 Å². The summed E-state index contributed by atoms with van der Waals surface area (Å²) in [4.78, 5) is 24.2. The van der Waals surface area contributed by atoms with Gasteiger partial charge in [0, 0.05) is 12.8 Å². The topological polar surface area (TPSA) is 72.8 Å². The van der Waals surface area contributed by atoms with Gasteiger partial charge in [-0.25, -0.2) is 0 Å². The fraction of sp³-hybridized carbons (Fsp3) is 0.905. The van der Waals surface area contributed by atoms with Gasteiger partial charge in [-0.1, -0.05) is 187 Å². The minimum absolute atomic E-state index is 0.0644. The number of esters is 2. The fourth-order valence-corrected chi connectivity index (χ4v) is 6.14. The highest BCUT2D eigenvalue weighted by Crippen LogP contribution is 2.16. The van der Waals surface area contributed by atoms with Crippen LogP contribution < -0.4 is 0 Å². The fourth-order valence-electron chi connectivity index (χ4n) is 6.14. The lowest BCUT2D eigenvalue weighted by molar-refractivity contribution is -0.161. The third-order valence-corrected chi connectivity index (χ3v) is 9.31. The zero-order valence-corrected chi connectivity index (χ0v) is 31.6. The maximum Gasteiger partial charge on any atom is 0.306 e. The van der Waals surface area contributed by atoms with E-state index in [9.17, 15) is 14.7 Å². The van der Waals surface area contributed by atoms with Crippen LogP contribution in [0.3, 0.4) is 0 Å². The van der Waals surface area contributed by atoms with E-state index in [1.807, 2.05) is 0 Å². The summed E-state index contributed by atoms with van der Waals surface area (Å²) >= 11 is 0. The van der Waals surface area contributed by atoms with E-state index in [0.29, 0.717) is 12.8 Å². The van der Waals surface area contributed by atoms with E-state index in [0.717, 1.165) is 44.9 Å². The van der Waals surface area contributed by atoms with Gasteiger partial charge in [0.25, 0.3) is 0 Å². The predicted molar refractivity (Wildman–Crippen MR) is 201 cm³/mol. The molecule has 278 valence electrons. The minimum Gasteiger partial charge on any atom is -0.462 e. The molecule has 0 unspecified atom stereocenters. The smallest absolute Gasteiger partial charge is 0.306 e. The standard InChI is InChI=1S/C42H80O5/c1-3-5-7-9-11-13-15-17-18-19-20-21-22-23-25-27-29-31-33-35-37-42(45)47-40(38-43)39-46-41(44)36-34-32-30-28-26-24-16-14-12-10-8-6-4-2/h14,16,40,43H,3-13,15,17-39H2,1-2H3/b16-14+/t40-/m0/s1. The second kappa shape index (κ2) is 39.1. The van der Waals surface area contributed by atoms with Gasteiger partial charge in [0.1, 0.15) is 6.61 Å². The monoisotopic (exact) mass is 665 g/mol. The maximum absolute atomic E-state index is 12.2. The molecule has 0 fully saturated rings. The molecule has 1 N–H and O–H groups in total. The van der Waals surface area contributed by atoms with E-state index in [2.05, 4.69) is 26.0 Å². The largest absolute Gasteiger partial charge is 0.462 e. The number of carbonyl (C=O) groups is 2. The number of hydrogen-bond acceptors (Lipinski definition) is 5. The van der Waals surface area contributed by atoms with E-state index in [1.54, 1.807) is 0 Å². The first-order valence-electron chi connectivity index (χ1n) is 20.7. The number of rotatable bonds is 38. The lowest BCUT2D eigenvalue weighted by atomic mass is 10.0. The molecule has 0 saturated carbocycles. The number of allylic oxidation sites excluding steroid dienone is 2. The van der Waals surface area contributed by atoms with Crippen LogP contribution in [0.4, 0.5) is 0 Å². The Morgan fingerprint density at radius 2 is 0.787 bits per heavy atom. The van der Waals surface area contributed by atoms with Crippen molar-refractivity contribution in [3.63, 3.8) is 0 Å². The van der Waals surface area contributed by atoms with Crippen molar-refractivity contribution < 1.29 is 24.2 Å². The molecule has 0 heterocycles. The molecule has 0 radical (unpaired) electrons. The molecule has 47 heavy (non-hydrogen) atoms. The van der Waals surface area contributed by atoms with Gasteiger partial charge in [-0.2, -0.15) is 0 Å². The van der Waals surface area contributed by atoms with Gasteiger partial charge in [-0.15, -0.1) is 0 Å². The van der Waals surface area contributed by atoms with Crippen LogP contribution in [0.2, 0.25) is 0 Å². The quantitative estimate of drug-likeness (QED) is 0.0404. The molecule has 0 aromatic carbocycles. The zero-order chi connectivity index (χ0) is 34.3. The molecule has 0 amide bonds. The van der Waals surface area contributed by atoms with Crippen LogP contribution in [-0.4, -0.2) is 36.4 Å². The van der Waals surface area contributed by atoms with Crippen LogP contribution in [0.15, 0.2) is 12.2 Å². The molecule has 5 heteroatoms. The van der Waals surface area contributed by atoms with E-state index < -0.39 is 6.10 Å². The Morgan fingerprint density at radius 1 is 0.468 bits per heavy atom. The van der Waals surface area contributed by atoms with Gasteiger partial charge in [0.2, 0.25) is 0 Å². The average molecular weight is 665 g/mol. The van der Waals surface area contributed by atoms with Crippen molar-refractivity contribution in [2.75, 3.05) is 13.2 Å². The Hall–Kier alpha value is -1.36. The zero-order valence-electron chi connectivity index (χ0n) is 31.6. The SMILES string of the molecule is CCCCCC/C=C/CCCCCCCC(=O)OC[C@H](CO)OC(=O)CCCCCCCCCCCCCCCCCCCCCC. The number of unbranched alkanes of at least 4 members (excludes halogenated alkanes) is 28. The first kappa shape index (κ1) is 45.6. The van der Waals surface area contributed by atoms with Crippen molar-refractivity contribution >= 4 is 11.9 Å². The average Bonchev–Trinajstić information content (AvgIpc) is 3.07. The molecular weight excluding hydrogens is 584 g/mol. The highest BCUT2D eigenvalue weighted by molar-refractivity contribution is 5.70. The molecule has 0 saturated heterocycles. The number of aliphatic hydroxyl groups excluding tert-OH is 1. The van der Waals surface area contributed by atoms with Crippen LogP contribution in [-0.2, 0) is 19.1 Å². The van der Waals surface area contributed by atoms with Gasteiger partial charge in [0.15, 0.2) is 6.10 Å². The lowest BCUT2D eigenvalue weighted by Gasteiger charge is -2.15. The summed E-state index contributed by atoms with van der Waals surface area (Å²) in [5, 5.41) is 9.55. The maximum atomic E-state index is 12.2. The van der Waals surface area contributed by atoms with Gasteiger partial charge in [-0.3, -0.25) is 9.59 Å². The second-order valence-electron chi connectivity index (χ2n) is 14.1. The second-order valence-corrected chi connectivity index (χ2v) is 14.1.